The van der Waals surface area contributed by atoms with Crippen LogP contribution < -0.4 is 16.4 Å². The molecule has 2 aliphatic heterocycles. The predicted octanol–water partition coefficient (Wildman–Crippen LogP) is 0.147. The van der Waals surface area contributed by atoms with Crippen LogP contribution in [-0.2, 0) is 9.47 Å². The number of amides is 2. The van der Waals surface area contributed by atoms with E-state index in [2.05, 4.69) is 31.3 Å². The number of fused-ring (bicyclic) bond motifs is 3. The number of nitrogens with one attached hydrogen (secondary N) is 2. The van der Waals surface area contributed by atoms with Crippen molar-refractivity contribution in [3.63, 3.8) is 0 Å². The van der Waals surface area contributed by atoms with Gasteiger partial charge in [0, 0.05) is 213 Å². The van der Waals surface area contributed by atoms with Gasteiger partial charge in [-0.05, 0) is 78.9 Å². The smallest absolute Gasteiger partial charge is 0.345 e. The van der Waals surface area contributed by atoms with Gasteiger partial charge in [0.25, 0.3) is 11.8 Å². The number of aryl methyl sites for hydroxylation is 3. The maximum atomic E-state index is 12.4. The second-order valence-electron chi connectivity index (χ2n) is 14.2. The van der Waals surface area contributed by atoms with Gasteiger partial charge in [0.2, 0.25) is 0 Å². The summed E-state index contributed by atoms with van der Waals surface area (Å²) in [4.78, 5) is 48.8. The summed E-state index contributed by atoms with van der Waals surface area (Å²) < 4.78 is 13.2. The van der Waals surface area contributed by atoms with Gasteiger partial charge in [-0.25, -0.2) is 4.79 Å². The number of hydrogen-bond acceptors (Lipinski definition) is 20. The summed E-state index contributed by atoms with van der Waals surface area (Å²) in [6.45, 7) is 4.60. The first-order valence-corrected chi connectivity index (χ1v) is 21.5. The Labute approximate surface area is 539 Å². The van der Waals surface area contributed by atoms with Crippen LogP contribution in [0.1, 0.15) is 45.7 Å². The molecular weight excluding hydrogens is 1790 g/mol. The largest absolute Gasteiger partial charge is 0.477 e. The summed E-state index contributed by atoms with van der Waals surface area (Å²) in [6, 6.07) is 5.13. The van der Waals surface area contributed by atoms with E-state index in [4.69, 9.17) is 24.8 Å². The SMILES string of the molecule is CN.Cc1cncc2sc(C(=O)N[C@@H]3O[C@H](CO)[C@@H](O)[C@H](O)[C@H]3O)cc12.Cc1cncc2sc(C(=O)N[C@@H]3O[C@H](CO)[C@@H](O)[C@H](O)[C@H]3O)cc12.Cc1cncc2sc(C(=O)O)cc12.[Ac].[Ac].[Ac].[Ac]. The molecule has 10 atom stereocenters. The van der Waals surface area contributed by atoms with Crippen molar-refractivity contribution in [1.29, 1.82) is 0 Å². The first-order valence-electron chi connectivity index (χ1n) is 19.1. The fourth-order valence-corrected chi connectivity index (χ4v) is 9.42. The number of aliphatic hydroxyl groups excluding tert-OH is 8. The number of carbonyl (C=O) groups is 3. The molecule has 2 amide bonds. The van der Waals surface area contributed by atoms with Crippen LogP contribution in [0.25, 0.3) is 30.3 Å². The summed E-state index contributed by atoms with van der Waals surface area (Å²) in [5.74, 6) is -1.85. The Morgan fingerprint density at radius 1 is 0.537 bits per heavy atom. The molecule has 0 bridgehead atoms. The van der Waals surface area contributed by atoms with E-state index in [1.54, 1.807) is 55.4 Å². The minimum Gasteiger partial charge on any atom is -0.477 e. The Balaban J connectivity index is 0.000000497. The number of nitrogens with zero attached hydrogens (tertiary/aromatic N) is 3. The third-order valence-corrected chi connectivity index (χ3v) is 13.1. The number of thiophene rings is 3. The van der Waals surface area contributed by atoms with E-state index >= 15 is 0 Å². The molecule has 352 valence electrons. The Kier molecular flexibility index (Phi) is 30.6. The Morgan fingerprint density at radius 2 is 0.836 bits per heavy atom. The van der Waals surface area contributed by atoms with E-state index in [-0.39, 0.29) is 176 Å². The van der Waals surface area contributed by atoms with Crippen LogP contribution in [0, 0.1) is 197 Å². The zero-order valence-electron chi connectivity index (χ0n) is 36.4. The zero-order valence-corrected chi connectivity index (χ0v) is 57.8. The normalized spacial score (nSPS) is 24.0. The van der Waals surface area contributed by atoms with Gasteiger partial charge < -0.3 is 71.8 Å². The number of nitrogens with two attached hydrogens (primary N) is 1. The second kappa shape index (κ2) is 31.1. The maximum absolute atomic E-state index is 12.4. The van der Waals surface area contributed by atoms with Crippen LogP contribution in [0.2, 0.25) is 0 Å². The molecule has 0 spiro atoms. The van der Waals surface area contributed by atoms with Crippen molar-refractivity contribution in [1.82, 2.24) is 25.6 Å². The summed E-state index contributed by atoms with van der Waals surface area (Å²) in [5, 5.41) is 93.8. The summed E-state index contributed by atoms with van der Waals surface area (Å²) >= 11 is 3.75. The molecule has 0 unspecified atom stereocenters. The van der Waals surface area contributed by atoms with Gasteiger partial charge in [0.1, 0.15) is 53.7 Å². The molecule has 4 radical (unpaired) electrons. The monoisotopic (exact) mass is 1840 g/mol. The van der Waals surface area contributed by atoms with E-state index in [1.807, 2.05) is 20.8 Å². The van der Waals surface area contributed by atoms with Gasteiger partial charge in [0.05, 0.1) is 37.1 Å². The fourth-order valence-electron chi connectivity index (χ4n) is 6.46. The molecular formula is C40H48Ac4N6O14S3. The van der Waals surface area contributed by atoms with Gasteiger partial charge in [-0.1, -0.05) is 0 Å². The molecule has 2 fully saturated rings. The van der Waals surface area contributed by atoms with Crippen LogP contribution in [0.3, 0.4) is 0 Å². The standard InChI is InChI=1S/2C15H18N2O6S.C9H7NO2S.CH5N.4Ac/c2*1-6-3-16-4-10-7(6)2-9(24-10)14(22)17-15-13(21)12(20)11(19)8(5-18)23-15;1-5-3-10-4-8-6(5)2-7(13-8)9(11)12;1-2;;;;/h2*2-4,8,11-13,15,18-21H,5H2,1H3,(H,17,22);2-4H,1H3,(H,11,12);2H2,1H3;;;;/t2*8-,11-,12+,13-,15-;;;;;;/m11....../s1. The van der Waals surface area contributed by atoms with Crippen LogP contribution >= 0.6 is 34.0 Å². The Bertz CT molecular complexity index is 2410. The average molecular weight is 1840 g/mol. The molecule has 6 aromatic rings. The van der Waals surface area contributed by atoms with E-state index in [0.717, 1.165) is 46.9 Å². The van der Waals surface area contributed by atoms with Crippen molar-refractivity contribution >= 4 is 82.1 Å². The topological polar surface area (TPSA) is 340 Å². The minimum absolute atomic E-state index is 0. The molecule has 8 rings (SSSR count). The zero-order chi connectivity index (χ0) is 46.3. The first-order chi connectivity index (χ1) is 30.0. The molecule has 8 heterocycles. The number of carbonyl (C=O) groups excluding carboxylic acids is 2. The predicted molar refractivity (Wildman–Crippen MR) is 233 cm³/mol. The van der Waals surface area contributed by atoms with Crippen molar-refractivity contribution in [2.24, 2.45) is 5.73 Å². The van der Waals surface area contributed by atoms with Crippen molar-refractivity contribution < 1.29 is 246 Å². The maximum Gasteiger partial charge on any atom is 0.345 e. The van der Waals surface area contributed by atoms with Crippen LogP contribution in [0.5, 0.6) is 0 Å². The van der Waals surface area contributed by atoms with Gasteiger partial charge in [0.15, 0.2) is 12.5 Å². The molecule has 2 saturated heterocycles. The number of pyridine rings is 3. The van der Waals surface area contributed by atoms with Gasteiger partial charge in [-0.2, -0.15) is 0 Å². The Morgan fingerprint density at radius 3 is 1.12 bits per heavy atom. The number of carboxylic acid groups (broad SMARTS) is 1. The van der Waals surface area contributed by atoms with Gasteiger partial charge in [-0.3, -0.25) is 24.5 Å². The number of carboxylic acids is 1. The summed E-state index contributed by atoms with van der Waals surface area (Å²) in [5.41, 5.74) is 7.40. The van der Waals surface area contributed by atoms with Crippen LogP contribution in [0.4, 0.5) is 0 Å². The van der Waals surface area contributed by atoms with Crippen molar-refractivity contribution in [2.45, 2.75) is 82.1 Å². The van der Waals surface area contributed by atoms with Crippen LogP contribution in [-0.4, -0.2) is 160 Å². The summed E-state index contributed by atoms with van der Waals surface area (Å²) in [7, 11) is 1.50. The van der Waals surface area contributed by atoms with Crippen LogP contribution in [0.15, 0.2) is 55.4 Å². The number of rotatable bonds is 7. The van der Waals surface area contributed by atoms with Crippen molar-refractivity contribution in [2.75, 3.05) is 20.3 Å². The quantitative estimate of drug-likeness (QED) is 0.101. The number of hydrogen-bond donors (Lipinski definition) is 12. The van der Waals surface area contributed by atoms with Crippen molar-refractivity contribution in [3.8, 4) is 0 Å². The first kappa shape index (κ1) is 66.1. The van der Waals surface area contributed by atoms with E-state index in [0.29, 0.717) is 14.6 Å². The van der Waals surface area contributed by atoms with Gasteiger partial charge >= 0.3 is 5.97 Å². The molecule has 0 saturated carbocycles. The molecule has 67 heavy (non-hydrogen) atoms. The minimum atomic E-state index is -1.53. The molecule has 13 N–H and O–H groups in total. The molecule has 6 aromatic heterocycles. The third kappa shape index (κ3) is 16.5. The van der Waals surface area contributed by atoms with E-state index in [9.17, 15) is 45.0 Å². The number of aliphatic hydroxyl groups is 8. The summed E-state index contributed by atoms with van der Waals surface area (Å²) in [6.07, 6.45) is -3.45. The van der Waals surface area contributed by atoms with E-state index < -0.39 is 92.3 Å². The Hall–Kier alpha value is 1.07. The fraction of sp³-hybridized carbons (Fsp3) is 0.400. The van der Waals surface area contributed by atoms with Gasteiger partial charge in [-0.15, -0.1) is 34.0 Å². The number of aromatic carboxylic acids is 1. The van der Waals surface area contributed by atoms with Crippen molar-refractivity contribution in [3.05, 3.63) is 86.7 Å². The number of aromatic nitrogens is 3. The third-order valence-electron chi connectivity index (χ3n) is 9.93. The molecule has 0 aliphatic carbocycles. The van der Waals surface area contributed by atoms with E-state index in [1.165, 1.54) is 41.1 Å². The molecule has 0 aromatic carbocycles. The molecule has 2 aliphatic rings. The molecule has 20 nitrogen and oxygen atoms in total. The molecule has 27 heteroatoms. The second-order valence-corrected chi connectivity index (χ2v) is 17.4. The average Bonchev–Trinajstić information content (AvgIpc) is 4.04. The number of ether oxygens (including phenoxy) is 2.